The number of aryl methyl sites for hydroxylation is 1. The topological polar surface area (TPSA) is 84.7 Å². The minimum Gasteiger partial charge on any atom is -0.493 e. The van der Waals surface area contributed by atoms with Crippen molar-refractivity contribution in [2.45, 2.75) is 38.1 Å². The van der Waals surface area contributed by atoms with Crippen LogP contribution in [-0.4, -0.2) is 45.7 Å². The minimum absolute atomic E-state index is 0.0275. The maximum Gasteiger partial charge on any atom is 0.335 e. The number of amides is 1. The van der Waals surface area contributed by atoms with Crippen molar-refractivity contribution in [1.29, 1.82) is 0 Å². The predicted octanol–water partition coefficient (Wildman–Crippen LogP) is 6.49. The van der Waals surface area contributed by atoms with E-state index in [0.717, 1.165) is 56.5 Å². The van der Waals surface area contributed by atoms with Gasteiger partial charge in [0.1, 0.15) is 17.4 Å². The van der Waals surface area contributed by atoms with Gasteiger partial charge < -0.3 is 14.7 Å². The van der Waals surface area contributed by atoms with E-state index in [1.165, 1.54) is 4.68 Å². The molecule has 10 heteroatoms. The van der Waals surface area contributed by atoms with Gasteiger partial charge in [0.05, 0.1) is 30.6 Å². The lowest BCUT2D eigenvalue weighted by atomic mass is 10.1. The fourth-order valence-corrected chi connectivity index (χ4v) is 5.93. The molecule has 0 saturated heterocycles. The van der Waals surface area contributed by atoms with E-state index in [-0.39, 0.29) is 18.0 Å². The number of carboxylic acids is 1. The number of thioether (sulfide) groups is 1. The summed E-state index contributed by atoms with van der Waals surface area (Å²) >= 11 is 1.65. The molecule has 0 aliphatic carbocycles. The third kappa shape index (κ3) is 6.12. The number of anilines is 1. The van der Waals surface area contributed by atoms with Gasteiger partial charge in [0.25, 0.3) is 0 Å². The van der Waals surface area contributed by atoms with Gasteiger partial charge in [-0.2, -0.15) is 5.10 Å². The van der Waals surface area contributed by atoms with E-state index in [2.05, 4.69) is 5.10 Å². The van der Waals surface area contributed by atoms with Gasteiger partial charge in [0.15, 0.2) is 0 Å². The SMILES string of the molecule is Cc1cccc(OCCCC(=O)N2CCSc3c(-c4cnn(Cc5c(F)cc(C(=O)O)cc5F)c4)cccc32)c1C. The Morgan fingerprint density at radius 3 is 2.61 bits per heavy atom. The number of nitrogens with zero attached hydrogens (tertiary/aromatic N) is 3. The number of rotatable bonds is 9. The Hall–Kier alpha value is -4.18. The van der Waals surface area contributed by atoms with Gasteiger partial charge >= 0.3 is 5.97 Å². The molecular formula is C31H29F2N3O4S. The molecule has 212 valence electrons. The molecule has 0 saturated carbocycles. The molecule has 4 aromatic rings. The number of benzene rings is 3. The molecule has 3 aromatic carbocycles. The van der Waals surface area contributed by atoms with Gasteiger partial charge in [0, 0.05) is 46.5 Å². The second kappa shape index (κ2) is 12.1. The van der Waals surface area contributed by atoms with Crippen LogP contribution < -0.4 is 9.64 Å². The average molecular weight is 578 g/mol. The molecule has 1 amide bonds. The van der Waals surface area contributed by atoms with Crippen molar-refractivity contribution >= 4 is 29.3 Å². The summed E-state index contributed by atoms with van der Waals surface area (Å²) in [7, 11) is 0. The Morgan fingerprint density at radius 1 is 1.10 bits per heavy atom. The van der Waals surface area contributed by atoms with E-state index in [1.807, 2.05) is 55.1 Å². The standard InChI is InChI=1S/C31H29F2N3O4S/c1-19-6-3-9-28(20(19)2)40-12-5-10-29(37)36-11-13-41-30-23(7-4-8-27(30)36)22-16-34-35(17-22)18-24-25(32)14-21(31(38)39)15-26(24)33/h3-4,6-9,14-17H,5,10-13,18H2,1-2H3,(H,38,39). The number of fused-ring (bicyclic) bond motifs is 1. The Morgan fingerprint density at radius 2 is 1.85 bits per heavy atom. The third-order valence-electron chi connectivity index (χ3n) is 7.15. The van der Waals surface area contributed by atoms with Crippen LogP contribution in [0.4, 0.5) is 14.5 Å². The normalized spacial score (nSPS) is 12.7. The van der Waals surface area contributed by atoms with E-state index in [9.17, 15) is 18.4 Å². The molecule has 1 aromatic heterocycles. The van der Waals surface area contributed by atoms with Crippen LogP contribution in [-0.2, 0) is 11.3 Å². The smallest absolute Gasteiger partial charge is 0.335 e. The number of carboxylic acid groups (broad SMARTS) is 1. The van der Waals surface area contributed by atoms with Gasteiger partial charge in [0.2, 0.25) is 5.91 Å². The van der Waals surface area contributed by atoms with Crippen molar-refractivity contribution in [3.63, 3.8) is 0 Å². The number of aromatic nitrogens is 2. The number of aromatic carboxylic acids is 1. The molecule has 5 rings (SSSR count). The molecule has 0 unspecified atom stereocenters. The number of carbonyl (C=O) groups excluding carboxylic acids is 1. The summed E-state index contributed by atoms with van der Waals surface area (Å²) in [6, 6.07) is 13.3. The highest BCUT2D eigenvalue weighted by Gasteiger charge is 2.25. The first kappa shape index (κ1) is 28.4. The second-order valence-electron chi connectivity index (χ2n) is 9.85. The summed E-state index contributed by atoms with van der Waals surface area (Å²) in [5.41, 5.74) is 3.98. The summed E-state index contributed by atoms with van der Waals surface area (Å²) in [5, 5.41) is 13.3. The highest BCUT2D eigenvalue weighted by atomic mass is 32.2. The average Bonchev–Trinajstić information content (AvgIpc) is 3.42. The maximum atomic E-state index is 14.5. The van der Waals surface area contributed by atoms with Crippen LogP contribution in [0, 0.1) is 25.5 Å². The first-order valence-electron chi connectivity index (χ1n) is 13.2. The molecular weight excluding hydrogens is 548 g/mol. The van der Waals surface area contributed by atoms with Gasteiger partial charge in [-0.3, -0.25) is 9.48 Å². The molecule has 0 bridgehead atoms. The molecule has 2 heterocycles. The number of ether oxygens (including phenoxy) is 1. The molecule has 0 radical (unpaired) electrons. The lowest BCUT2D eigenvalue weighted by molar-refractivity contribution is -0.118. The number of carbonyl (C=O) groups is 2. The Labute approximate surface area is 240 Å². The summed E-state index contributed by atoms with van der Waals surface area (Å²) in [4.78, 5) is 27.0. The number of hydrogen-bond donors (Lipinski definition) is 1. The zero-order chi connectivity index (χ0) is 29.1. The Balaban J connectivity index is 1.28. The number of halogens is 2. The van der Waals surface area contributed by atoms with Crippen LogP contribution in [0.3, 0.4) is 0 Å². The van der Waals surface area contributed by atoms with Crippen molar-refractivity contribution < 1.29 is 28.2 Å². The van der Waals surface area contributed by atoms with Crippen molar-refractivity contribution in [2.24, 2.45) is 0 Å². The van der Waals surface area contributed by atoms with Gasteiger partial charge in [-0.05, 0) is 55.7 Å². The van der Waals surface area contributed by atoms with Gasteiger partial charge in [-0.15, -0.1) is 11.8 Å². The Kier molecular flexibility index (Phi) is 8.39. The molecule has 0 atom stereocenters. The lowest BCUT2D eigenvalue weighted by Gasteiger charge is -2.30. The highest BCUT2D eigenvalue weighted by molar-refractivity contribution is 7.99. The predicted molar refractivity (Wildman–Crippen MR) is 154 cm³/mol. The van der Waals surface area contributed by atoms with E-state index >= 15 is 0 Å². The van der Waals surface area contributed by atoms with Crippen molar-refractivity contribution in [2.75, 3.05) is 23.8 Å². The largest absolute Gasteiger partial charge is 0.493 e. The van der Waals surface area contributed by atoms with Crippen LogP contribution in [0.25, 0.3) is 11.1 Å². The highest BCUT2D eigenvalue weighted by Crippen LogP contribution is 2.42. The van der Waals surface area contributed by atoms with Crippen LogP contribution in [0.5, 0.6) is 5.75 Å². The number of hydrogen-bond acceptors (Lipinski definition) is 5. The molecule has 0 fully saturated rings. The molecule has 1 N–H and O–H groups in total. The monoisotopic (exact) mass is 577 g/mol. The van der Waals surface area contributed by atoms with E-state index in [4.69, 9.17) is 9.84 Å². The van der Waals surface area contributed by atoms with E-state index in [1.54, 1.807) is 24.2 Å². The molecule has 41 heavy (non-hydrogen) atoms. The van der Waals surface area contributed by atoms with Crippen LogP contribution in [0.1, 0.15) is 39.9 Å². The zero-order valence-electron chi connectivity index (χ0n) is 22.7. The van der Waals surface area contributed by atoms with Crippen molar-refractivity contribution in [3.8, 4) is 16.9 Å². The minimum atomic E-state index is -1.40. The molecule has 1 aliphatic rings. The molecule has 1 aliphatic heterocycles. The third-order valence-corrected chi connectivity index (χ3v) is 8.25. The van der Waals surface area contributed by atoms with Crippen molar-refractivity contribution in [1.82, 2.24) is 9.78 Å². The van der Waals surface area contributed by atoms with E-state index in [0.29, 0.717) is 26.0 Å². The van der Waals surface area contributed by atoms with Crippen LogP contribution in [0.2, 0.25) is 0 Å². The van der Waals surface area contributed by atoms with Crippen LogP contribution in [0.15, 0.2) is 65.8 Å². The molecule has 7 nitrogen and oxygen atoms in total. The van der Waals surface area contributed by atoms with Gasteiger partial charge in [-0.1, -0.05) is 24.3 Å². The van der Waals surface area contributed by atoms with Crippen LogP contribution >= 0.6 is 11.8 Å². The van der Waals surface area contributed by atoms with Gasteiger partial charge in [-0.25, -0.2) is 13.6 Å². The summed E-state index contributed by atoms with van der Waals surface area (Å²) < 4.78 is 36.3. The first-order chi connectivity index (χ1) is 19.7. The lowest BCUT2D eigenvalue weighted by Crippen LogP contribution is -2.35. The summed E-state index contributed by atoms with van der Waals surface area (Å²) in [5.74, 6) is -1.69. The van der Waals surface area contributed by atoms with Crippen molar-refractivity contribution in [3.05, 3.63) is 94.8 Å². The quantitative estimate of drug-likeness (QED) is 0.229. The summed E-state index contributed by atoms with van der Waals surface area (Å²) in [6.07, 6.45) is 4.25. The second-order valence-corrected chi connectivity index (χ2v) is 11.0. The summed E-state index contributed by atoms with van der Waals surface area (Å²) in [6.45, 7) is 4.91. The Bertz CT molecular complexity index is 1600. The maximum absolute atomic E-state index is 14.5. The fraction of sp³-hybridized carbons (Fsp3) is 0.258. The first-order valence-corrected chi connectivity index (χ1v) is 14.2. The van der Waals surface area contributed by atoms with E-state index < -0.39 is 23.2 Å². The zero-order valence-corrected chi connectivity index (χ0v) is 23.5. The molecule has 0 spiro atoms. The fourth-order valence-electron chi connectivity index (χ4n) is 4.78.